The van der Waals surface area contributed by atoms with E-state index in [2.05, 4.69) is 221 Å². The van der Waals surface area contributed by atoms with E-state index in [9.17, 15) is 0 Å². The first-order valence-electron chi connectivity index (χ1n) is 25.6. The van der Waals surface area contributed by atoms with Crippen molar-refractivity contribution in [3.05, 3.63) is 249 Å². The first-order valence-corrected chi connectivity index (χ1v) is 27.2. The molecule has 7 heteroatoms. The van der Waals surface area contributed by atoms with E-state index in [1.54, 1.807) is 0 Å². The van der Waals surface area contributed by atoms with Gasteiger partial charge in [-0.3, -0.25) is 0 Å². The van der Waals surface area contributed by atoms with Crippen molar-refractivity contribution in [1.29, 1.82) is 0 Å². The summed E-state index contributed by atoms with van der Waals surface area (Å²) in [7, 11) is 0. The zero-order valence-electron chi connectivity index (χ0n) is 40.7. The fourth-order valence-electron chi connectivity index (χ4n) is 11.6. The third-order valence-electron chi connectivity index (χ3n) is 15.2. The summed E-state index contributed by atoms with van der Waals surface area (Å²) < 4.78 is 9.80. The second-order valence-electron chi connectivity index (χ2n) is 19.5. The van der Waals surface area contributed by atoms with Crippen LogP contribution in [0, 0.1) is 0 Å². The molecule has 16 rings (SSSR count). The molecule has 5 heterocycles. The summed E-state index contributed by atoms with van der Waals surface area (Å²) >= 11 is 3.71. The van der Waals surface area contributed by atoms with Gasteiger partial charge in [0.05, 0.1) is 22.1 Å². The van der Waals surface area contributed by atoms with Crippen LogP contribution in [0.5, 0.6) is 0 Å². The smallest absolute Gasteiger partial charge is 0.164 e. The lowest BCUT2D eigenvalue weighted by molar-refractivity contribution is 1.07. The Morgan fingerprint density at radius 3 is 1.17 bits per heavy atom. The first-order chi connectivity index (χ1) is 37.6. The van der Waals surface area contributed by atoms with Gasteiger partial charge < -0.3 is 9.13 Å². The van der Waals surface area contributed by atoms with E-state index in [1.165, 1.54) is 84.0 Å². The molecular weight excluding hydrogens is 963 g/mol. The highest BCUT2D eigenvalue weighted by Gasteiger charge is 2.21. The quantitative estimate of drug-likeness (QED) is 0.160. The SMILES string of the molecule is c1ccc(-c2nc(-c3ccccc3)nc(-c3cc(-c4ccc5c(c4)sc4cc6c(cc45)c4ccccc4n6-c4ccccc4)ccc3-c3ccc4c(c3)sc3cc5c(cc34)c3ccccc3n5-c3ccccc3)n2)cc1. The molecule has 0 aliphatic heterocycles. The highest BCUT2D eigenvalue weighted by atomic mass is 32.1. The molecule has 0 unspecified atom stereocenters. The largest absolute Gasteiger partial charge is 0.309 e. The zero-order valence-corrected chi connectivity index (χ0v) is 42.4. The van der Waals surface area contributed by atoms with Crippen LogP contribution in [0.15, 0.2) is 249 Å². The zero-order chi connectivity index (χ0) is 49.8. The molecule has 0 spiro atoms. The maximum absolute atomic E-state index is 5.33. The summed E-state index contributed by atoms with van der Waals surface area (Å²) in [6.07, 6.45) is 0. The molecule has 0 aliphatic rings. The predicted octanol–water partition coefficient (Wildman–Crippen LogP) is 19.1. The topological polar surface area (TPSA) is 48.5 Å². The van der Waals surface area contributed by atoms with Crippen LogP contribution in [0.25, 0.3) is 152 Å². The Kier molecular flexibility index (Phi) is 9.61. The molecule has 0 N–H and O–H groups in total. The minimum Gasteiger partial charge on any atom is -0.309 e. The Bertz CT molecular complexity index is 4920. The molecule has 0 amide bonds. The second-order valence-corrected chi connectivity index (χ2v) is 21.7. The Labute approximate surface area is 444 Å². The fourth-order valence-corrected chi connectivity index (χ4v) is 13.9. The van der Waals surface area contributed by atoms with E-state index in [-0.39, 0.29) is 0 Å². The van der Waals surface area contributed by atoms with Crippen molar-refractivity contribution in [1.82, 2.24) is 24.1 Å². The van der Waals surface area contributed by atoms with E-state index >= 15 is 0 Å². The number of hydrogen-bond donors (Lipinski definition) is 0. The molecule has 0 atom stereocenters. The highest BCUT2D eigenvalue weighted by molar-refractivity contribution is 7.26. The summed E-state index contributed by atoms with van der Waals surface area (Å²) in [6, 6.07) is 89.7. The third-order valence-corrected chi connectivity index (χ3v) is 17.4. The summed E-state index contributed by atoms with van der Waals surface area (Å²) in [5.74, 6) is 1.89. The van der Waals surface area contributed by atoms with E-state index in [1.807, 2.05) is 59.1 Å². The van der Waals surface area contributed by atoms with Gasteiger partial charge >= 0.3 is 0 Å². The summed E-state index contributed by atoms with van der Waals surface area (Å²) in [5, 5.41) is 10.1. The van der Waals surface area contributed by atoms with Gasteiger partial charge in [0.25, 0.3) is 0 Å². The van der Waals surface area contributed by atoms with Crippen LogP contribution >= 0.6 is 22.7 Å². The number of para-hydroxylation sites is 4. The summed E-state index contributed by atoms with van der Waals surface area (Å²) in [6.45, 7) is 0. The molecule has 354 valence electrons. The second kappa shape index (κ2) is 17.0. The monoisotopic (exact) mass is 1000 g/mol. The molecule has 0 radical (unpaired) electrons. The number of aromatic nitrogens is 5. The molecule has 0 saturated carbocycles. The van der Waals surface area contributed by atoms with Crippen molar-refractivity contribution in [2.45, 2.75) is 0 Å². The molecule has 0 fully saturated rings. The van der Waals surface area contributed by atoms with Crippen LogP contribution in [0.4, 0.5) is 0 Å². The van der Waals surface area contributed by atoms with Gasteiger partial charge in [0, 0.05) is 90.0 Å². The van der Waals surface area contributed by atoms with Gasteiger partial charge in [-0.1, -0.05) is 170 Å². The number of thiophene rings is 2. The van der Waals surface area contributed by atoms with Crippen LogP contribution in [0.3, 0.4) is 0 Å². The molecule has 16 aromatic rings. The van der Waals surface area contributed by atoms with Crippen LogP contribution in [-0.2, 0) is 0 Å². The number of rotatable bonds is 7. The lowest BCUT2D eigenvalue weighted by Gasteiger charge is -2.14. The minimum absolute atomic E-state index is 0.623. The number of fused-ring (bicyclic) bond motifs is 12. The van der Waals surface area contributed by atoms with Crippen LogP contribution in [-0.4, -0.2) is 24.1 Å². The van der Waals surface area contributed by atoms with Gasteiger partial charge in [0.2, 0.25) is 0 Å². The Balaban J connectivity index is 0.877. The number of nitrogens with zero attached hydrogens (tertiary/aromatic N) is 5. The summed E-state index contributed by atoms with van der Waals surface area (Å²) in [4.78, 5) is 15.8. The molecule has 0 bridgehead atoms. The molecular formula is C69H41N5S2. The minimum atomic E-state index is 0.623. The standard InChI is InChI=1S/C69H41N5S2/c1-5-17-42(18-6-1)67-70-68(43-19-7-2-8-20-43)72-69(71-67)58-35-44(45-30-33-52-56-38-54-50-25-13-15-27-59(50)73(47-21-9-3-10-22-47)61(54)40-65(56)75-63(52)36-45)29-32-49(58)46-31-34-53-57-39-55-51-26-14-16-28-60(51)74(48-23-11-4-12-24-48)62(55)41-66(57)76-64(53)37-46/h1-41H. The molecule has 76 heavy (non-hydrogen) atoms. The van der Waals surface area contributed by atoms with E-state index in [4.69, 9.17) is 15.0 Å². The van der Waals surface area contributed by atoms with Gasteiger partial charge in [-0.05, 0) is 101 Å². The van der Waals surface area contributed by atoms with E-state index in [0.29, 0.717) is 17.5 Å². The third kappa shape index (κ3) is 6.80. The Hall–Kier alpha value is -9.53. The van der Waals surface area contributed by atoms with E-state index in [0.717, 1.165) is 50.3 Å². The van der Waals surface area contributed by atoms with Crippen molar-refractivity contribution in [3.8, 4) is 67.8 Å². The fraction of sp³-hybridized carbons (Fsp3) is 0. The maximum atomic E-state index is 5.33. The van der Waals surface area contributed by atoms with Crippen LogP contribution in [0.1, 0.15) is 0 Å². The average molecular weight is 1000 g/mol. The van der Waals surface area contributed by atoms with Crippen LogP contribution < -0.4 is 0 Å². The first kappa shape index (κ1) is 42.9. The van der Waals surface area contributed by atoms with Crippen molar-refractivity contribution in [2.24, 2.45) is 0 Å². The van der Waals surface area contributed by atoms with Gasteiger partial charge in [0.1, 0.15) is 0 Å². The number of hydrogen-bond acceptors (Lipinski definition) is 5. The molecule has 11 aromatic carbocycles. The Morgan fingerprint density at radius 1 is 0.237 bits per heavy atom. The van der Waals surface area contributed by atoms with Gasteiger partial charge in [-0.2, -0.15) is 0 Å². The lowest BCUT2D eigenvalue weighted by Crippen LogP contribution is -2.01. The molecule has 0 saturated heterocycles. The highest BCUT2D eigenvalue weighted by Crippen LogP contribution is 2.46. The van der Waals surface area contributed by atoms with Crippen molar-refractivity contribution in [2.75, 3.05) is 0 Å². The van der Waals surface area contributed by atoms with Gasteiger partial charge in [-0.25, -0.2) is 15.0 Å². The number of benzene rings is 11. The van der Waals surface area contributed by atoms with Crippen molar-refractivity contribution in [3.63, 3.8) is 0 Å². The molecule has 5 aromatic heterocycles. The van der Waals surface area contributed by atoms with Gasteiger partial charge in [0.15, 0.2) is 17.5 Å². The Morgan fingerprint density at radius 2 is 0.645 bits per heavy atom. The van der Waals surface area contributed by atoms with Crippen molar-refractivity contribution < 1.29 is 0 Å². The summed E-state index contributed by atoms with van der Waals surface area (Å²) in [5.41, 5.74) is 14.4. The average Bonchev–Trinajstić information content (AvgIpc) is 4.28. The van der Waals surface area contributed by atoms with E-state index < -0.39 is 0 Å². The normalized spacial score (nSPS) is 11.9. The van der Waals surface area contributed by atoms with Gasteiger partial charge in [-0.15, -0.1) is 22.7 Å². The molecule has 0 aliphatic carbocycles. The lowest BCUT2D eigenvalue weighted by atomic mass is 9.93. The van der Waals surface area contributed by atoms with Crippen LogP contribution in [0.2, 0.25) is 0 Å². The molecule has 5 nitrogen and oxygen atoms in total. The van der Waals surface area contributed by atoms with Crippen molar-refractivity contribution >= 4 is 107 Å². The maximum Gasteiger partial charge on any atom is 0.164 e. The predicted molar refractivity (Wildman–Crippen MR) is 321 cm³/mol.